The van der Waals surface area contributed by atoms with Crippen LogP contribution in [0.4, 0.5) is 0 Å². The first-order valence-electron chi connectivity index (χ1n) is 8.66. The van der Waals surface area contributed by atoms with Gasteiger partial charge in [0.1, 0.15) is 5.69 Å². The largest absolute Gasteiger partial charge is 0.334 e. The predicted octanol–water partition coefficient (Wildman–Crippen LogP) is 4.10. The van der Waals surface area contributed by atoms with Gasteiger partial charge in [-0.25, -0.2) is 0 Å². The number of halogens is 1. The first kappa shape index (κ1) is 15.9. The summed E-state index contributed by atoms with van der Waals surface area (Å²) in [6.07, 6.45) is 12.0. The summed E-state index contributed by atoms with van der Waals surface area (Å²) >= 11 is 6.37. The lowest BCUT2D eigenvalue weighted by Gasteiger charge is -2.33. The van der Waals surface area contributed by atoms with E-state index in [9.17, 15) is 4.79 Å². The van der Waals surface area contributed by atoms with Crippen molar-refractivity contribution in [3.8, 4) is 0 Å². The van der Waals surface area contributed by atoms with Crippen molar-refractivity contribution in [3.63, 3.8) is 0 Å². The molecule has 0 radical (unpaired) electrons. The van der Waals surface area contributed by atoms with Gasteiger partial charge < -0.3 is 4.90 Å². The summed E-state index contributed by atoms with van der Waals surface area (Å²) in [5.74, 6) is 0.560. The van der Waals surface area contributed by atoms with Crippen LogP contribution in [0, 0.1) is 5.92 Å². The van der Waals surface area contributed by atoms with E-state index in [2.05, 4.69) is 10.00 Å². The average molecular weight is 324 g/mol. The van der Waals surface area contributed by atoms with E-state index in [1.807, 2.05) is 13.2 Å². The maximum absolute atomic E-state index is 13.1. The summed E-state index contributed by atoms with van der Waals surface area (Å²) < 4.78 is 1.76. The Morgan fingerprint density at radius 1 is 1.14 bits per heavy atom. The van der Waals surface area contributed by atoms with Crippen LogP contribution in [-0.2, 0) is 11.8 Å². The van der Waals surface area contributed by atoms with Crippen molar-refractivity contribution < 1.29 is 4.79 Å². The highest BCUT2D eigenvalue weighted by Gasteiger charge is 2.34. The van der Waals surface area contributed by atoms with Crippen LogP contribution in [0.2, 0.25) is 5.02 Å². The molecule has 1 atom stereocenters. The van der Waals surface area contributed by atoms with Gasteiger partial charge >= 0.3 is 0 Å². The monoisotopic (exact) mass is 323 g/mol. The smallest absolute Gasteiger partial charge is 0.226 e. The number of carbonyl (C=O) groups excluding carboxylic acids is 1. The Balaban J connectivity index is 1.84. The lowest BCUT2D eigenvalue weighted by molar-refractivity contribution is -0.139. The number of rotatable bonds is 2. The molecule has 1 amide bonds. The highest BCUT2D eigenvalue weighted by Crippen LogP contribution is 2.36. The number of likely N-dealkylation sites (tertiary alicyclic amines) is 1. The number of amides is 1. The Morgan fingerprint density at radius 2 is 1.82 bits per heavy atom. The van der Waals surface area contributed by atoms with Gasteiger partial charge in [-0.1, -0.05) is 43.7 Å². The molecule has 0 N–H and O–H groups in total. The van der Waals surface area contributed by atoms with Crippen molar-refractivity contribution in [1.29, 1.82) is 0 Å². The number of aryl methyl sites for hydroxylation is 1. The van der Waals surface area contributed by atoms with E-state index in [4.69, 9.17) is 11.6 Å². The zero-order valence-corrected chi connectivity index (χ0v) is 14.2. The second-order valence-electron chi connectivity index (χ2n) is 6.77. The molecule has 0 spiro atoms. The summed E-state index contributed by atoms with van der Waals surface area (Å²) in [5, 5.41) is 5.23. The molecule has 4 nitrogen and oxygen atoms in total. The molecule has 3 rings (SSSR count). The van der Waals surface area contributed by atoms with Crippen LogP contribution in [0.25, 0.3) is 0 Å². The fraction of sp³-hybridized carbons (Fsp3) is 0.765. The van der Waals surface area contributed by atoms with Gasteiger partial charge in [0.15, 0.2) is 0 Å². The van der Waals surface area contributed by atoms with Crippen molar-refractivity contribution in [1.82, 2.24) is 14.7 Å². The van der Waals surface area contributed by atoms with Crippen LogP contribution >= 0.6 is 11.6 Å². The van der Waals surface area contributed by atoms with E-state index in [0.29, 0.717) is 10.9 Å². The van der Waals surface area contributed by atoms with Gasteiger partial charge in [0.05, 0.1) is 11.1 Å². The van der Waals surface area contributed by atoms with E-state index >= 15 is 0 Å². The lowest BCUT2D eigenvalue weighted by atomic mass is 9.87. The summed E-state index contributed by atoms with van der Waals surface area (Å²) in [5.41, 5.74) is 0.884. The van der Waals surface area contributed by atoms with Crippen molar-refractivity contribution in [2.24, 2.45) is 13.0 Å². The number of hydrogen-bond donors (Lipinski definition) is 0. The molecule has 1 aliphatic carbocycles. The molecule has 1 aromatic heterocycles. The summed E-state index contributed by atoms with van der Waals surface area (Å²) in [6.45, 7) is 0.854. The van der Waals surface area contributed by atoms with Gasteiger partial charge in [-0.3, -0.25) is 9.48 Å². The molecule has 0 aromatic carbocycles. The quantitative estimate of drug-likeness (QED) is 0.822. The molecular formula is C17H26ClN3O. The number of hydrogen-bond acceptors (Lipinski definition) is 2. The third-order valence-corrected chi connectivity index (χ3v) is 5.41. The first-order chi connectivity index (χ1) is 10.7. The van der Waals surface area contributed by atoms with Crippen LogP contribution in [0.5, 0.6) is 0 Å². The van der Waals surface area contributed by atoms with Gasteiger partial charge in [0, 0.05) is 25.7 Å². The van der Waals surface area contributed by atoms with E-state index < -0.39 is 0 Å². The Bertz CT molecular complexity index is 522. The van der Waals surface area contributed by atoms with Gasteiger partial charge in [-0.15, -0.1) is 0 Å². The standard InChI is InChI=1S/C17H26ClN3O/c1-20-12-14(18)16(19-20)15-10-6-3-7-11-21(15)17(22)13-8-4-2-5-9-13/h12-13,15H,2-11H2,1H3/t15-/m1/s1. The van der Waals surface area contributed by atoms with Gasteiger partial charge in [0.2, 0.25) is 5.91 Å². The second kappa shape index (κ2) is 7.03. The Kier molecular flexibility index (Phi) is 5.07. The first-order valence-corrected chi connectivity index (χ1v) is 9.04. The number of nitrogens with zero attached hydrogens (tertiary/aromatic N) is 3. The molecule has 0 unspecified atom stereocenters. The minimum Gasteiger partial charge on any atom is -0.334 e. The average Bonchev–Trinajstić information content (AvgIpc) is 2.74. The second-order valence-corrected chi connectivity index (χ2v) is 7.17. The highest BCUT2D eigenvalue weighted by molar-refractivity contribution is 6.31. The van der Waals surface area contributed by atoms with Crippen molar-refractivity contribution in [3.05, 3.63) is 16.9 Å². The van der Waals surface area contributed by atoms with Crippen LogP contribution in [0.1, 0.15) is 69.5 Å². The Morgan fingerprint density at radius 3 is 2.50 bits per heavy atom. The molecule has 1 saturated heterocycles. The molecule has 2 heterocycles. The van der Waals surface area contributed by atoms with Gasteiger partial charge in [-0.2, -0.15) is 5.10 Å². The number of aromatic nitrogens is 2. The molecule has 0 bridgehead atoms. The van der Waals surface area contributed by atoms with E-state index in [1.54, 1.807) is 4.68 Å². The van der Waals surface area contributed by atoms with Gasteiger partial charge in [-0.05, 0) is 25.7 Å². The molecule has 22 heavy (non-hydrogen) atoms. The molecule has 1 saturated carbocycles. The normalized spacial score (nSPS) is 24.3. The Hall–Kier alpha value is -1.03. The SMILES string of the molecule is Cn1cc(Cl)c([C@H]2CCCCCN2C(=O)C2CCCCC2)n1. The molecule has 1 aliphatic heterocycles. The van der Waals surface area contributed by atoms with Crippen molar-refractivity contribution in [2.75, 3.05) is 6.54 Å². The molecule has 2 aliphatic rings. The van der Waals surface area contributed by atoms with Crippen LogP contribution < -0.4 is 0 Å². The zero-order chi connectivity index (χ0) is 15.5. The minimum absolute atomic E-state index is 0.0608. The van der Waals surface area contributed by atoms with E-state index in [0.717, 1.165) is 44.3 Å². The van der Waals surface area contributed by atoms with Crippen molar-refractivity contribution in [2.45, 2.75) is 63.8 Å². The fourth-order valence-corrected chi connectivity index (χ4v) is 4.25. The molecule has 2 fully saturated rings. The van der Waals surface area contributed by atoms with Crippen LogP contribution in [-0.4, -0.2) is 27.1 Å². The summed E-state index contributed by atoms with van der Waals surface area (Å²) in [7, 11) is 1.89. The zero-order valence-electron chi connectivity index (χ0n) is 13.4. The summed E-state index contributed by atoms with van der Waals surface area (Å²) in [6, 6.07) is 0.0608. The topological polar surface area (TPSA) is 38.1 Å². The maximum atomic E-state index is 13.1. The highest BCUT2D eigenvalue weighted by atomic mass is 35.5. The van der Waals surface area contributed by atoms with Crippen molar-refractivity contribution >= 4 is 17.5 Å². The third kappa shape index (κ3) is 3.32. The third-order valence-electron chi connectivity index (χ3n) is 5.12. The predicted molar refractivity (Wildman–Crippen MR) is 87.7 cm³/mol. The molecular weight excluding hydrogens is 298 g/mol. The van der Waals surface area contributed by atoms with E-state index in [1.165, 1.54) is 25.7 Å². The molecule has 5 heteroatoms. The Labute approximate surface area is 137 Å². The number of carbonyl (C=O) groups is 1. The molecule has 122 valence electrons. The van der Waals surface area contributed by atoms with E-state index in [-0.39, 0.29) is 12.0 Å². The lowest BCUT2D eigenvalue weighted by Crippen LogP contribution is -2.40. The summed E-state index contributed by atoms with van der Waals surface area (Å²) in [4.78, 5) is 15.2. The maximum Gasteiger partial charge on any atom is 0.226 e. The van der Waals surface area contributed by atoms with Crippen LogP contribution in [0.3, 0.4) is 0 Å². The fourth-order valence-electron chi connectivity index (χ4n) is 3.94. The minimum atomic E-state index is 0.0608. The van der Waals surface area contributed by atoms with Gasteiger partial charge in [0.25, 0.3) is 0 Å². The van der Waals surface area contributed by atoms with Crippen LogP contribution in [0.15, 0.2) is 6.20 Å². The molecule has 1 aromatic rings.